The first-order valence-corrected chi connectivity index (χ1v) is 5.86. The molecule has 0 aliphatic heterocycles. The molecule has 0 heterocycles. The number of benzene rings is 1. The molecule has 2 N–H and O–H groups in total. The highest BCUT2D eigenvalue weighted by atomic mass is 19.1. The summed E-state index contributed by atoms with van der Waals surface area (Å²) in [6.45, 7) is 0.351. The Labute approximate surface area is 95.6 Å². The fourth-order valence-corrected chi connectivity index (χ4v) is 2.16. The number of hydrogen-bond donors (Lipinski definition) is 1. The highest BCUT2D eigenvalue weighted by Gasteiger charge is 2.19. The maximum absolute atomic E-state index is 13.3. The van der Waals surface area contributed by atoms with Crippen LogP contribution in [0.4, 0.5) is 4.39 Å². The Morgan fingerprint density at radius 2 is 2.12 bits per heavy atom. The first kappa shape index (κ1) is 11.6. The average molecular weight is 223 g/mol. The largest absolute Gasteiger partial charge is 0.373 e. The minimum absolute atomic E-state index is 0.192. The molecule has 1 aliphatic rings. The van der Waals surface area contributed by atoms with E-state index >= 15 is 0 Å². The van der Waals surface area contributed by atoms with Gasteiger partial charge in [-0.25, -0.2) is 4.39 Å². The molecule has 0 aromatic heterocycles. The third kappa shape index (κ3) is 3.03. The smallest absolute Gasteiger partial charge is 0.128 e. The Kier molecular flexibility index (Phi) is 3.91. The van der Waals surface area contributed by atoms with E-state index in [1.807, 2.05) is 6.07 Å². The van der Waals surface area contributed by atoms with E-state index in [1.165, 1.54) is 6.07 Å². The topological polar surface area (TPSA) is 35.2 Å². The van der Waals surface area contributed by atoms with Crippen LogP contribution in [0.2, 0.25) is 0 Å². The van der Waals surface area contributed by atoms with E-state index < -0.39 is 0 Å². The summed E-state index contributed by atoms with van der Waals surface area (Å²) in [5.74, 6) is -0.192. The molecule has 2 rings (SSSR count). The number of hydrogen-bond acceptors (Lipinski definition) is 2. The maximum atomic E-state index is 13.3. The summed E-state index contributed by atoms with van der Waals surface area (Å²) in [6, 6.07) is 6.99. The van der Waals surface area contributed by atoms with Crippen molar-refractivity contribution in [1.29, 1.82) is 0 Å². The van der Waals surface area contributed by atoms with Crippen molar-refractivity contribution in [2.45, 2.75) is 44.4 Å². The van der Waals surface area contributed by atoms with Gasteiger partial charge < -0.3 is 10.5 Å². The third-order valence-corrected chi connectivity index (χ3v) is 3.10. The molecule has 0 bridgehead atoms. The zero-order valence-corrected chi connectivity index (χ0v) is 9.36. The van der Waals surface area contributed by atoms with Crippen molar-refractivity contribution in [3.05, 3.63) is 35.6 Å². The van der Waals surface area contributed by atoms with Crippen molar-refractivity contribution in [2.75, 3.05) is 0 Å². The molecule has 2 unspecified atom stereocenters. The summed E-state index contributed by atoms with van der Waals surface area (Å²) in [6.07, 6.45) is 4.34. The Hall–Kier alpha value is -0.930. The normalized spacial score (nSPS) is 25.6. The van der Waals surface area contributed by atoms with Crippen molar-refractivity contribution in [2.24, 2.45) is 5.73 Å². The van der Waals surface area contributed by atoms with Crippen LogP contribution >= 0.6 is 0 Å². The van der Waals surface area contributed by atoms with Crippen molar-refractivity contribution in [1.82, 2.24) is 0 Å². The van der Waals surface area contributed by atoms with Gasteiger partial charge in [0.25, 0.3) is 0 Å². The third-order valence-electron chi connectivity index (χ3n) is 3.10. The zero-order chi connectivity index (χ0) is 11.4. The highest BCUT2D eigenvalue weighted by Crippen LogP contribution is 2.21. The molecule has 88 valence electrons. The lowest BCUT2D eigenvalue weighted by Crippen LogP contribution is -2.32. The first-order chi connectivity index (χ1) is 7.75. The Balaban J connectivity index is 1.85. The molecule has 0 amide bonds. The van der Waals surface area contributed by atoms with Crippen LogP contribution in [0.3, 0.4) is 0 Å². The van der Waals surface area contributed by atoms with Crippen molar-refractivity contribution >= 4 is 0 Å². The molecular weight excluding hydrogens is 205 g/mol. The van der Waals surface area contributed by atoms with Crippen LogP contribution in [0.1, 0.15) is 31.2 Å². The molecule has 1 aromatic carbocycles. The summed E-state index contributed by atoms with van der Waals surface area (Å²) in [5.41, 5.74) is 6.50. The predicted molar refractivity (Wildman–Crippen MR) is 61.4 cm³/mol. The summed E-state index contributed by atoms with van der Waals surface area (Å²) in [4.78, 5) is 0. The highest BCUT2D eigenvalue weighted by molar-refractivity contribution is 5.16. The van der Waals surface area contributed by atoms with Gasteiger partial charge >= 0.3 is 0 Å². The molecule has 1 saturated carbocycles. The number of nitrogens with two attached hydrogens (primary N) is 1. The second kappa shape index (κ2) is 5.41. The van der Waals surface area contributed by atoms with Gasteiger partial charge in [0.2, 0.25) is 0 Å². The first-order valence-electron chi connectivity index (χ1n) is 5.86. The molecule has 16 heavy (non-hydrogen) atoms. The second-order valence-corrected chi connectivity index (χ2v) is 4.45. The van der Waals surface area contributed by atoms with Gasteiger partial charge in [-0.15, -0.1) is 0 Å². The second-order valence-electron chi connectivity index (χ2n) is 4.45. The monoisotopic (exact) mass is 223 g/mol. The Morgan fingerprint density at radius 3 is 2.88 bits per heavy atom. The SMILES string of the molecule is NC1CCCC(OCc2ccccc2F)C1. The Bertz CT molecular complexity index is 342. The van der Waals surface area contributed by atoms with Crippen molar-refractivity contribution in [3.63, 3.8) is 0 Å². The lowest BCUT2D eigenvalue weighted by molar-refractivity contribution is 0.0110. The molecule has 1 aromatic rings. The van der Waals surface area contributed by atoms with E-state index in [0.717, 1.165) is 25.7 Å². The van der Waals surface area contributed by atoms with Gasteiger partial charge in [0.1, 0.15) is 5.82 Å². The van der Waals surface area contributed by atoms with Crippen LogP contribution in [0.15, 0.2) is 24.3 Å². The minimum Gasteiger partial charge on any atom is -0.373 e. The van der Waals surface area contributed by atoms with Crippen LogP contribution in [-0.2, 0) is 11.3 Å². The predicted octanol–water partition coefficient (Wildman–Crippen LogP) is 2.61. The van der Waals surface area contributed by atoms with Gasteiger partial charge in [-0.05, 0) is 31.7 Å². The molecule has 0 spiro atoms. The van der Waals surface area contributed by atoms with Crippen LogP contribution in [0.5, 0.6) is 0 Å². The van der Waals surface area contributed by atoms with E-state index in [2.05, 4.69) is 0 Å². The fraction of sp³-hybridized carbons (Fsp3) is 0.538. The van der Waals surface area contributed by atoms with Gasteiger partial charge in [-0.1, -0.05) is 18.2 Å². The van der Waals surface area contributed by atoms with E-state index in [9.17, 15) is 4.39 Å². The molecule has 2 atom stereocenters. The summed E-state index contributed by atoms with van der Waals surface area (Å²) in [5, 5.41) is 0. The van der Waals surface area contributed by atoms with Gasteiger partial charge in [-0.2, -0.15) is 0 Å². The van der Waals surface area contributed by atoms with E-state index in [0.29, 0.717) is 12.2 Å². The molecule has 0 radical (unpaired) electrons. The van der Waals surface area contributed by atoms with Crippen LogP contribution in [0.25, 0.3) is 0 Å². The molecule has 1 fully saturated rings. The molecule has 1 aliphatic carbocycles. The number of ether oxygens (including phenoxy) is 1. The molecule has 0 saturated heterocycles. The summed E-state index contributed by atoms with van der Waals surface area (Å²) in [7, 11) is 0. The van der Waals surface area contributed by atoms with E-state index in [4.69, 9.17) is 10.5 Å². The minimum atomic E-state index is -0.192. The summed E-state index contributed by atoms with van der Waals surface area (Å²) >= 11 is 0. The maximum Gasteiger partial charge on any atom is 0.128 e. The van der Waals surface area contributed by atoms with Crippen LogP contribution in [-0.4, -0.2) is 12.1 Å². The van der Waals surface area contributed by atoms with Crippen LogP contribution < -0.4 is 5.73 Å². The Morgan fingerprint density at radius 1 is 1.31 bits per heavy atom. The van der Waals surface area contributed by atoms with E-state index in [-0.39, 0.29) is 18.0 Å². The zero-order valence-electron chi connectivity index (χ0n) is 9.36. The van der Waals surface area contributed by atoms with Gasteiger partial charge in [0.05, 0.1) is 12.7 Å². The molecular formula is C13H18FNO. The quantitative estimate of drug-likeness (QED) is 0.855. The standard InChI is InChI=1S/C13H18FNO/c14-13-7-2-1-4-10(13)9-16-12-6-3-5-11(15)8-12/h1-2,4,7,11-12H,3,5-6,8-9,15H2. The molecule has 2 nitrogen and oxygen atoms in total. The van der Waals surface area contributed by atoms with Gasteiger partial charge in [0.15, 0.2) is 0 Å². The number of halogens is 1. The summed E-state index contributed by atoms with van der Waals surface area (Å²) < 4.78 is 19.0. The van der Waals surface area contributed by atoms with Gasteiger partial charge in [-0.3, -0.25) is 0 Å². The van der Waals surface area contributed by atoms with Crippen LogP contribution in [0, 0.1) is 5.82 Å². The molecule has 3 heteroatoms. The lowest BCUT2D eigenvalue weighted by atomic mass is 9.93. The fourth-order valence-electron chi connectivity index (χ4n) is 2.16. The number of rotatable bonds is 3. The lowest BCUT2D eigenvalue weighted by Gasteiger charge is -2.26. The van der Waals surface area contributed by atoms with Gasteiger partial charge in [0, 0.05) is 11.6 Å². The average Bonchev–Trinajstić information content (AvgIpc) is 2.28. The van der Waals surface area contributed by atoms with E-state index in [1.54, 1.807) is 12.1 Å². The van der Waals surface area contributed by atoms with Crippen molar-refractivity contribution < 1.29 is 9.13 Å². The van der Waals surface area contributed by atoms with Crippen molar-refractivity contribution in [3.8, 4) is 0 Å².